The summed E-state index contributed by atoms with van der Waals surface area (Å²) >= 11 is 0. The molecule has 0 unspecified atom stereocenters. The largest absolute Gasteiger partial charge is 0.452 e. The molecule has 0 aliphatic carbocycles. The Kier molecular flexibility index (Phi) is 7.63. The van der Waals surface area contributed by atoms with Gasteiger partial charge in [-0.1, -0.05) is 50.5 Å². The van der Waals surface area contributed by atoms with E-state index in [9.17, 15) is 9.59 Å². The van der Waals surface area contributed by atoms with Gasteiger partial charge in [-0.3, -0.25) is 4.79 Å². The zero-order valence-corrected chi connectivity index (χ0v) is 14.5. The van der Waals surface area contributed by atoms with Crippen molar-refractivity contribution >= 4 is 28.9 Å². The number of esters is 1. The number of unbranched alkanes of at least 4 members (excludes halogenated alkanes) is 3. The first-order valence-electron chi connectivity index (χ1n) is 8.66. The van der Waals surface area contributed by atoms with Crippen LogP contribution in [0.4, 0.5) is 0 Å². The first-order valence-corrected chi connectivity index (χ1v) is 8.66. The molecule has 2 aromatic rings. The number of carbonyl (C=O) groups excluding carboxylic acids is 2. The fraction of sp³-hybridized carbons (Fsp3) is 0.350. The minimum Gasteiger partial charge on any atom is -0.452 e. The van der Waals surface area contributed by atoms with Gasteiger partial charge in [0.2, 0.25) is 0 Å². The number of benzene rings is 1. The van der Waals surface area contributed by atoms with Gasteiger partial charge in [0.05, 0.1) is 11.2 Å². The molecule has 0 fully saturated rings. The summed E-state index contributed by atoms with van der Waals surface area (Å²) < 4.78 is 4.93. The SMILES string of the molecule is CCCCCCNC(=O)COC(=O)/C=C/c1ccc2ccccc2n1. The van der Waals surface area contributed by atoms with Gasteiger partial charge in [-0.05, 0) is 24.6 Å². The van der Waals surface area contributed by atoms with Crippen molar-refractivity contribution in [3.63, 3.8) is 0 Å². The molecule has 25 heavy (non-hydrogen) atoms. The van der Waals surface area contributed by atoms with Crippen molar-refractivity contribution in [2.45, 2.75) is 32.6 Å². The molecule has 0 saturated carbocycles. The first-order chi connectivity index (χ1) is 12.2. The number of rotatable bonds is 9. The summed E-state index contributed by atoms with van der Waals surface area (Å²) in [5, 5.41) is 3.78. The number of pyridine rings is 1. The number of hydrogen-bond donors (Lipinski definition) is 1. The third-order valence-corrected chi connectivity index (χ3v) is 3.71. The molecule has 1 amide bonds. The highest BCUT2D eigenvalue weighted by molar-refractivity contribution is 5.89. The maximum atomic E-state index is 11.7. The van der Waals surface area contributed by atoms with Crippen LogP contribution in [0.3, 0.4) is 0 Å². The van der Waals surface area contributed by atoms with Crippen molar-refractivity contribution in [2.75, 3.05) is 13.2 Å². The predicted molar refractivity (Wildman–Crippen MR) is 98.9 cm³/mol. The van der Waals surface area contributed by atoms with E-state index in [0.717, 1.165) is 30.2 Å². The van der Waals surface area contributed by atoms with Gasteiger partial charge in [0.15, 0.2) is 6.61 Å². The Morgan fingerprint density at radius 1 is 1.12 bits per heavy atom. The monoisotopic (exact) mass is 340 g/mol. The molecule has 0 spiro atoms. The molecule has 0 atom stereocenters. The van der Waals surface area contributed by atoms with Crippen LogP contribution in [0.2, 0.25) is 0 Å². The van der Waals surface area contributed by atoms with E-state index in [1.807, 2.05) is 36.4 Å². The van der Waals surface area contributed by atoms with Gasteiger partial charge in [0.1, 0.15) is 0 Å². The molecular formula is C20H24N2O3. The van der Waals surface area contributed by atoms with Crippen LogP contribution >= 0.6 is 0 Å². The molecule has 0 aliphatic rings. The molecule has 5 heteroatoms. The van der Waals surface area contributed by atoms with Crippen molar-refractivity contribution in [1.82, 2.24) is 10.3 Å². The average Bonchev–Trinajstić information content (AvgIpc) is 2.64. The second-order valence-electron chi connectivity index (χ2n) is 5.78. The summed E-state index contributed by atoms with van der Waals surface area (Å²) in [5.74, 6) is -0.835. The third-order valence-electron chi connectivity index (χ3n) is 3.71. The molecule has 1 aromatic carbocycles. The number of amides is 1. The van der Waals surface area contributed by atoms with E-state index in [1.165, 1.54) is 12.5 Å². The summed E-state index contributed by atoms with van der Waals surface area (Å²) in [6, 6.07) is 11.5. The van der Waals surface area contributed by atoms with Crippen LogP contribution in [0.1, 0.15) is 38.3 Å². The zero-order valence-electron chi connectivity index (χ0n) is 14.5. The Balaban J connectivity index is 1.73. The van der Waals surface area contributed by atoms with E-state index in [2.05, 4.69) is 17.2 Å². The van der Waals surface area contributed by atoms with E-state index in [-0.39, 0.29) is 12.5 Å². The lowest BCUT2D eigenvalue weighted by Gasteiger charge is -2.05. The van der Waals surface area contributed by atoms with Crippen molar-refractivity contribution in [2.24, 2.45) is 0 Å². The summed E-state index contributed by atoms with van der Waals surface area (Å²) in [5.41, 5.74) is 1.52. The van der Waals surface area contributed by atoms with E-state index < -0.39 is 5.97 Å². The molecule has 2 rings (SSSR count). The van der Waals surface area contributed by atoms with Crippen LogP contribution in [0.15, 0.2) is 42.5 Å². The van der Waals surface area contributed by atoms with Crippen molar-refractivity contribution in [3.8, 4) is 0 Å². The quantitative estimate of drug-likeness (QED) is 0.431. The van der Waals surface area contributed by atoms with Gasteiger partial charge in [0, 0.05) is 18.0 Å². The molecule has 0 aliphatic heterocycles. The highest BCUT2D eigenvalue weighted by atomic mass is 16.5. The number of fused-ring (bicyclic) bond motifs is 1. The van der Waals surface area contributed by atoms with Crippen LogP contribution < -0.4 is 5.32 Å². The number of ether oxygens (including phenoxy) is 1. The van der Waals surface area contributed by atoms with E-state index >= 15 is 0 Å². The molecular weight excluding hydrogens is 316 g/mol. The highest BCUT2D eigenvalue weighted by Gasteiger charge is 2.04. The van der Waals surface area contributed by atoms with Crippen molar-refractivity contribution in [3.05, 3.63) is 48.2 Å². The number of hydrogen-bond acceptors (Lipinski definition) is 4. The van der Waals surface area contributed by atoms with Crippen LogP contribution in [0.5, 0.6) is 0 Å². The van der Waals surface area contributed by atoms with E-state index in [0.29, 0.717) is 12.2 Å². The Hall–Kier alpha value is -2.69. The minimum atomic E-state index is -0.559. The molecule has 1 aromatic heterocycles. The van der Waals surface area contributed by atoms with Gasteiger partial charge >= 0.3 is 5.97 Å². The van der Waals surface area contributed by atoms with E-state index in [1.54, 1.807) is 6.08 Å². The average molecular weight is 340 g/mol. The maximum absolute atomic E-state index is 11.7. The number of nitrogens with one attached hydrogen (secondary N) is 1. The molecule has 1 N–H and O–H groups in total. The summed E-state index contributed by atoms with van der Waals surface area (Å²) in [7, 11) is 0. The normalized spacial score (nSPS) is 10.9. The molecule has 132 valence electrons. The Morgan fingerprint density at radius 2 is 1.96 bits per heavy atom. The Morgan fingerprint density at radius 3 is 2.80 bits per heavy atom. The lowest BCUT2D eigenvalue weighted by molar-refractivity contribution is -0.143. The molecule has 5 nitrogen and oxygen atoms in total. The molecule has 1 heterocycles. The number of para-hydroxylation sites is 1. The minimum absolute atomic E-state index is 0.262. The van der Waals surface area contributed by atoms with Gasteiger partial charge in [-0.25, -0.2) is 9.78 Å². The maximum Gasteiger partial charge on any atom is 0.331 e. The molecule has 0 radical (unpaired) electrons. The van der Waals surface area contributed by atoms with E-state index in [4.69, 9.17) is 4.74 Å². The van der Waals surface area contributed by atoms with Gasteiger partial charge in [-0.2, -0.15) is 0 Å². The standard InChI is InChI=1S/C20H24N2O3/c1-2-3-4-7-14-21-19(23)15-25-20(24)13-12-17-11-10-16-8-5-6-9-18(16)22-17/h5-6,8-13H,2-4,7,14-15H2,1H3,(H,21,23)/b13-12+. The molecule has 0 saturated heterocycles. The summed E-state index contributed by atoms with van der Waals surface area (Å²) in [6.45, 7) is 2.49. The van der Waals surface area contributed by atoms with Crippen molar-refractivity contribution < 1.29 is 14.3 Å². The number of carbonyl (C=O) groups is 2. The Labute approximate surface area is 148 Å². The second-order valence-corrected chi connectivity index (χ2v) is 5.78. The van der Waals surface area contributed by atoms with Crippen LogP contribution in [0, 0.1) is 0 Å². The van der Waals surface area contributed by atoms with Gasteiger partial charge in [0.25, 0.3) is 5.91 Å². The van der Waals surface area contributed by atoms with Crippen LogP contribution in [-0.2, 0) is 14.3 Å². The fourth-order valence-electron chi connectivity index (χ4n) is 2.34. The lowest BCUT2D eigenvalue weighted by atomic mass is 10.2. The third kappa shape index (κ3) is 6.75. The lowest BCUT2D eigenvalue weighted by Crippen LogP contribution is -2.29. The summed E-state index contributed by atoms with van der Waals surface area (Å²) in [6.07, 6.45) is 7.23. The number of nitrogens with zero attached hydrogens (tertiary/aromatic N) is 1. The van der Waals surface area contributed by atoms with Gasteiger partial charge in [-0.15, -0.1) is 0 Å². The topological polar surface area (TPSA) is 68.3 Å². The predicted octanol–water partition coefficient (Wildman–Crippen LogP) is 3.49. The van der Waals surface area contributed by atoms with Gasteiger partial charge < -0.3 is 10.1 Å². The smallest absolute Gasteiger partial charge is 0.331 e. The van der Waals surface area contributed by atoms with Crippen molar-refractivity contribution in [1.29, 1.82) is 0 Å². The van der Waals surface area contributed by atoms with Crippen LogP contribution in [0.25, 0.3) is 17.0 Å². The second kappa shape index (κ2) is 10.2. The first kappa shape index (κ1) is 18.6. The zero-order chi connectivity index (χ0) is 17.9. The van der Waals surface area contributed by atoms with Crippen LogP contribution in [-0.4, -0.2) is 30.0 Å². The molecule has 0 bridgehead atoms. The Bertz CT molecular complexity index is 741. The highest BCUT2D eigenvalue weighted by Crippen LogP contribution is 2.12. The summed E-state index contributed by atoms with van der Waals surface area (Å²) in [4.78, 5) is 27.7. The fourth-order valence-corrected chi connectivity index (χ4v) is 2.34. The number of aromatic nitrogens is 1.